The first-order chi connectivity index (χ1) is 21.3. The van der Waals surface area contributed by atoms with E-state index in [-0.39, 0.29) is 0 Å². The molecule has 0 aliphatic carbocycles. The van der Waals surface area contributed by atoms with Gasteiger partial charge >= 0.3 is 0 Å². The third-order valence-corrected chi connectivity index (χ3v) is 8.77. The van der Waals surface area contributed by atoms with Crippen LogP contribution in [0.3, 0.4) is 0 Å². The van der Waals surface area contributed by atoms with E-state index in [1.54, 1.807) is 0 Å². The van der Waals surface area contributed by atoms with Crippen LogP contribution in [0.2, 0.25) is 0 Å². The number of aromatic nitrogens is 4. The van der Waals surface area contributed by atoms with Crippen molar-refractivity contribution in [2.75, 3.05) is 0 Å². The lowest BCUT2D eigenvalue weighted by Crippen LogP contribution is -2.06. The average molecular weight is 551 g/mol. The molecule has 5 heteroatoms. The minimum atomic E-state index is 0.613. The molecule has 0 N–H and O–H groups in total. The number of benzene rings is 6. The van der Waals surface area contributed by atoms with E-state index in [4.69, 9.17) is 14.7 Å². The van der Waals surface area contributed by atoms with Gasteiger partial charge in [-0.1, -0.05) is 97.1 Å². The maximum absolute atomic E-state index is 6.35. The molecule has 0 bridgehead atoms. The summed E-state index contributed by atoms with van der Waals surface area (Å²) in [4.78, 5) is 10.2. The van der Waals surface area contributed by atoms with Gasteiger partial charge in [-0.05, 0) is 35.7 Å². The van der Waals surface area contributed by atoms with Crippen molar-refractivity contribution in [3.63, 3.8) is 0 Å². The molecule has 10 rings (SSSR count). The van der Waals surface area contributed by atoms with Crippen LogP contribution in [0.1, 0.15) is 0 Å². The zero-order valence-electron chi connectivity index (χ0n) is 22.9. The summed E-state index contributed by atoms with van der Waals surface area (Å²) in [5.74, 6) is 2.12. The Bertz CT molecular complexity index is 2590. The van der Waals surface area contributed by atoms with E-state index in [0.29, 0.717) is 11.7 Å². The van der Waals surface area contributed by atoms with Crippen molar-refractivity contribution in [1.82, 2.24) is 19.1 Å². The van der Waals surface area contributed by atoms with Gasteiger partial charge in [0.1, 0.15) is 11.4 Å². The zero-order valence-corrected chi connectivity index (χ0v) is 22.9. The number of hydrogen-bond acceptors (Lipinski definition) is 3. The molecular formula is C38H22N4O. The predicted octanol–water partition coefficient (Wildman–Crippen LogP) is 9.60. The Morgan fingerprint density at radius 3 is 1.93 bits per heavy atom. The van der Waals surface area contributed by atoms with Crippen LogP contribution in [-0.4, -0.2) is 19.1 Å². The van der Waals surface area contributed by atoms with Gasteiger partial charge in [-0.3, -0.25) is 4.57 Å². The summed E-state index contributed by atoms with van der Waals surface area (Å²) in [7, 11) is 0. The summed E-state index contributed by atoms with van der Waals surface area (Å²) in [6, 6.07) is 44.7. The molecule has 4 heterocycles. The van der Waals surface area contributed by atoms with Gasteiger partial charge in [0.25, 0.3) is 0 Å². The van der Waals surface area contributed by atoms with Crippen LogP contribution in [0, 0.1) is 0 Å². The number of ether oxygens (including phenoxy) is 1. The van der Waals surface area contributed by atoms with Crippen LogP contribution in [0.25, 0.3) is 77.3 Å². The van der Waals surface area contributed by atoms with Crippen LogP contribution in [-0.2, 0) is 0 Å². The van der Waals surface area contributed by atoms with Gasteiger partial charge in [-0.2, -0.15) is 0 Å². The summed E-state index contributed by atoms with van der Waals surface area (Å²) in [6.07, 6.45) is 1.82. The quantitative estimate of drug-likeness (QED) is 0.215. The molecule has 43 heavy (non-hydrogen) atoms. The van der Waals surface area contributed by atoms with Crippen LogP contribution < -0.4 is 4.74 Å². The molecule has 1 aliphatic rings. The highest BCUT2D eigenvalue weighted by Gasteiger charge is 2.25. The lowest BCUT2D eigenvalue weighted by molar-refractivity contribution is 0.481. The average Bonchev–Trinajstić information content (AvgIpc) is 3.59. The fourth-order valence-electron chi connectivity index (χ4n) is 7.00. The molecule has 1 aliphatic heterocycles. The van der Waals surface area contributed by atoms with E-state index < -0.39 is 0 Å². The largest absolute Gasteiger partial charge is 0.453 e. The minimum Gasteiger partial charge on any atom is -0.453 e. The molecule has 0 saturated heterocycles. The molecule has 0 fully saturated rings. The standard InChI is InChI=1S/C38H22N4O/c1-2-12-24(13-3-1)41-30-17-6-4-14-25(30)27-20-21-28-26-15-5-7-18-31(26)42(37(28)36(27)41)38-39-22-33-35(40-38)29-16-8-10-23-11-9-19-32(43-33)34(23)29/h1-22H. The number of nitrogens with zero attached hydrogens (tertiary/aromatic N) is 4. The van der Waals surface area contributed by atoms with Crippen LogP contribution in [0.5, 0.6) is 11.5 Å². The lowest BCUT2D eigenvalue weighted by atomic mass is 9.99. The zero-order chi connectivity index (χ0) is 28.1. The summed E-state index contributed by atoms with van der Waals surface area (Å²) in [5, 5.41) is 6.93. The highest BCUT2D eigenvalue weighted by Crippen LogP contribution is 2.46. The van der Waals surface area contributed by atoms with E-state index >= 15 is 0 Å². The van der Waals surface area contributed by atoms with Crippen molar-refractivity contribution in [2.24, 2.45) is 0 Å². The van der Waals surface area contributed by atoms with Crippen LogP contribution >= 0.6 is 0 Å². The van der Waals surface area contributed by atoms with Gasteiger partial charge in [0, 0.05) is 38.2 Å². The number of para-hydroxylation sites is 3. The van der Waals surface area contributed by atoms with Crippen molar-refractivity contribution >= 4 is 54.4 Å². The fourth-order valence-corrected chi connectivity index (χ4v) is 7.00. The van der Waals surface area contributed by atoms with Crippen molar-refractivity contribution < 1.29 is 4.74 Å². The molecule has 0 saturated carbocycles. The molecular weight excluding hydrogens is 528 g/mol. The Hall–Kier alpha value is -5.94. The Kier molecular flexibility index (Phi) is 4.39. The highest BCUT2D eigenvalue weighted by atomic mass is 16.5. The number of hydrogen-bond donors (Lipinski definition) is 0. The second-order valence-corrected chi connectivity index (χ2v) is 11.0. The molecule has 9 aromatic rings. The second kappa shape index (κ2) is 8.30. The lowest BCUT2D eigenvalue weighted by Gasteiger charge is -2.20. The van der Waals surface area contributed by atoms with E-state index in [1.807, 2.05) is 18.3 Å². The molecule has 3 aromatic heterocycles. The summed E-state index contributed by atoms with van der Waals surface area (Å²) in [5.41, 5.74) is 7.40. The van der Waals surface area contributed by atoms with Crippen molar-refractivity contribution in [1.29, 1.82) is 0 Å². The topological polar surface area (TPSA) is 44.9 Å². The van der Waals surface area contributed by atoms with Gasteiger partial charge < -0.3 is 9.30 Å². The Morgan fingerprint density at radius 1 is 0.512 bits per heavy atom. The van der Waals surface area contributed by atoms with Crippen molar-refractivity contribution in [3.05, 3.63) is 134 Å². The van der Waals surface area contributed by atoms with Gasteiger partial charge in [-0.15, -0.1) is 0 Å². The molecule has 0 spiro atoms. The van der Waals surface area contributed by atoms with Crippen LogP contribution in [0.4, 0.5) is 0 Å². The maximum atomic E-state index is 6.35. The summed E-state index contributed by atoms with van der Waals surface area (Å²) < 4.78 is 10.9. The van der Waals surface area contributed by atoms with E-state index in [0.717, 1.165) is 66.3 Å². The van der Waals surface area contributed by atoms with E-state index in [1.165, 1.54) is 10.8 Å². The normalized spacial score (nSPS) is 12.4. The Labute approximate surface area is 245 Å². The number of rotatable bonds is 2. The van der Waals surface area contributed by atoms with Crippen molar-refractivity contribution in [2.45, 2.75) is 0 Å². The monoisotopic (exact) mass is 550 g/mol. The Morgan fingerprint density at radius 2 is 1.16 bits per heavy atom. The highest BCUT2D eigenvalue weighted by molar-refractivity contribution is 6.23. The molecule has 200 valence electrons. The first kappa shape index (κ1) is 22.7. The van der Waals surface area contributed by atoms with Gasteiger partial charge in [0.15, 0.2) is 5.75 Å². The molecule has 0 unspecified atom stereocenters. The molecule has 5 nitrogen and oxygen atoms in total. The summed E-state index contributed by atoms with van der Waals surface area (Å²) >= 11 is 0. The molecule has 0 atom stereocenters. The minimum absolute atomic E-state index is 0.613. The molecule has 0 radical (unpaired) electrons. The van der Waals surface area contributed by atoms with Crippen LogP contribution in [0.15, 0.2) is 134 Å². The Balaban J connectivity index is 1.37. The van der Waals surface area contributed by atoms with Gasteiger partial charge in [0.2, 0.25) is 5.95 Å². The van der Waals surface area contributed by atoms with Gasteiger partial charge in [-0.25, -0.2) is 9.97 Å². The fraction of sp³-hybridized carbons (Fsp3) is 0. The third-order valence-electron chi connectivity index (χ3n) is 8.77. The molecule has 0 amide bonds. The first-order valence-corrected chi connectivity index (χ1v) is 14.4. The van der Waals surface area contributed by atoms with E-state index in [2.05, 4.69) is 124 Å². The maximum Gasteiger partial charge on any atom is 0.235 e. The van der Waals surface area contributed by atoms with E-state index in [9.17, 15) is 0 Å². The number of fused-ring (bicyclic) bond motifs is 9. The third kappa shape index (κ3) is 3.00. The van der Waals surface area contributed by atoms with Crippen molar-refractivity contribution in [3.8, 4) is 34.4 Å². The summed E-state index contributed by atoms with van der Waals surface area (Å²) in [6.45, 7) is 0. The van der Waals surface area contributed by atoms with Gasteiger partial charge in [0.05, 0.1) is 28.3 Å². The first-order valence-electron chi connectivity index (χ1n) is 14.4. The molecule has 6 aromatic carbocycles. The second-order valence-electron chi connectivity index (χ2n) is 11.0. The SMILES string of the molecule is c1ccc(-n2c3ccccc3c3ccc4c5ccccc5n(-c5ncc6c(n5)-c5cccc7cccc(c57)O6)c4c32)cc1. The smallest absolute Gasteiger partial charge is 0.235 e. The predicted molar refractivity (Wildman–Crippen MR) is 174 cm³/mol.